The summed E-state index contributed by atoms with van der Waals surface area (Å²) in [6, 6.07) is 5.05. The van der Waals surface area contributed by atoms with Gasteiger partial charge in [-0.25, -0.2) is 0 Å². The molecule has 2 rings (SSSR count). The number of halogens is 1. The molecule has 0 bridgehead atoms. The summed E-state index contributed by atoms with van der Waals surface area (Å²) < 4.78 is 0. The van der Waals surface area contributed by atoms with Crippen molar-refractivity contribution < 1.29 is 4.79 Å². The van der Waals surface area contributed by atoms with Gasteiger partial charge in [0.15, 0.2) is 0 Å². The summed E-state index contributed by atoms with van der Waals surface area (Å²) in [7, 11) is 1.96. The van der Waals surface area contributed by atoms with Crippen LogP contribution >= 0.6 is 11.6 Å². The van der Waals surface area contributed by atoms with Crippen LogP contribution in [0, 0.1) is 5.92 Å². The maximum atomic E-state index is 11.8. The first-order valence-corrected chi connectivity index (χ1v) is 6.46. The highest BCUT2D eigenvalue weighted by Gasteiger charge is 2.23. The molecule has 1 aromatic carbocycles. The number of nitrogens with two attached hydrogens (primary N) is 1. The standard InChI is InChI=1S/C13H18ClN3O/c1-17(7-9-2-3-9)8-13(18)16-12-6-10(14)4-5-11(12)15/h4-6,9H,2-3,7-8,15H2,1H3,(H,16,18). The fourth-order valence-electron chi connectivity index (χ4n) is 1.88. The van der Waals surface area contributed by atoms with Gasteiger partial charge in [0, 0.05) is 11.6 Å². The van der Waals surface area contributed by atoms with Crippen molar-refractivity contribution in [1.29, 1.82) is 0 Å². The topological polar surface area (TPSA) is 58.4 Å². The largest absolute Gasteiger partial charge is 0.397 e. The van der Waals surface area contributed by atoms with E-state index in [-0.39, 0.29) is 5.91 Å². The predicted molar refractivity (Wildman–Crippen MR) is 74.7 cm³/mol. The van der Waals surface area contributed by atoms with Crippen LogP contribution in [0.3, 0.4) is 0 Å². The molecule has 1 fully saturated rings. The highest BCUT2D eigenvalue weighted by Crippen LogP contribution is 2.29. The fourth-order valence-corrected chi connectivity index (χ4v) is 2.05. The van der Waals surface area contributed by atoms with E-state index in [1.54, 1.807) is 18.2 Å². The first kappa shape index (κ1) is 13.2. The molecule has 0 aromatic heterocycles. The molecule has 5 heteroatoms. The van der Waals surface area contributed by atoms with Gasteiger partial charge in [-0.2, -0.15) is 0 Å². The number of nitrogens with one attached hydrogen (secondary N) is 1. The summed E-state index contributed by atoms with van der Waals surface area (Å²) in [6.45, 7) is 1.36. The second kappa shape index (κ2) is 5.59. The monoisotopic (exact) mass is 267 g/mol. The zero-order valence-corrected chi connectivity index (χ0v) is 11.2. The molecule has 1 aromatic rings. The number of hydrogen-bond donors (Lipinski definition) is 2. The lowest BCUT2D eigenvalue weighted by atomic mass is 10.2. The van der Waals surface area contributed by atoms with Crippen LogP contribution in [-0.4, -0.2) is 30.9 Å². The summed E-state index contributed by atoms with van der Waals surface area (Å²) in [5.41, 5.74) is 6.87. The van der Waals surface area contributed by atoms with Gasteiger partial charge in [0.25, 0.3) is 0 Å². The summed E-state index contributed by atoms with van der Waals surface area (Å²) in [4.78, 5) is 13.9. The van der Waals surface area contributed by atoms with Crippen molar-refractivity contribution >= 4 is 28.9 Å². The third-order valence-electron chi connectivity index (χ3n) is 2.97. The molecule has 0 atom stereocenters. The van der Waals surface area contributed by atoms with E-state index >= 15 is 0 Å². The van der Waals surface area contributed by atoms with Crippen LogP contribution in [0.5, 0.6) is 0 Å². The van der Waals surface area contributed by atoms with Crippen LogP contribution in [0.2, 0.25) is 5.02 Å². The van der Waals surface area contributed by atoms with Crippen molar-refractivity contribution in [3.63, 3.8) is 0 Å². The van der Waals surface area contributed by atoms with Crippen molar-refractivity contribution in [2.45, 2.75) is 12.8 Å². The summed E-state index contributed by atoms with van der Waals surface area (Å²) in [5, 5.41) is 3.35. The molecule has 0 aliphatic heterocycles. The molecule has 1 aliphatic carbocycles. The van der Waals surface area contributed by atoms with E-state index in [9.17, 15) is 4.79 Å². The molecule has 3 N–H and O–H groups in total. The molecule has 1 saturated carbocycles. The number of nitrogens with zero attached hydrogens (tertiary/aromatic N) is 1. The first-order chi connectivity index (χ1) is 8.54. The molecule has 0 unspecified atom stereocenters. The van der Waals surface area contributed by atoms with Crippen LogP contribution in [0.25, 0.3) is 0 Å². The number of rotatable bonds is 5. The zero-order valence-electron chi connectivity index (χ0n) is 10.4. The minimum atomic E-state index is -0.0629. The van der Waals surface area contributed by atoms with E-state index in [2.05, 4.69) is 5.32 Å². The number of carbonyl (C=O) groups is 1. The lowest BCUT2D eigenvalue weighted by Gasteiger charge is -2.16. The van der Waals surface area contributed by atoms with Crippen molar-refractivity contribution in [3.8, 4) is 0 Å². The first-order valence-electron chi connectivity index (χ1n) is 6.08. The summed E-state index contributed by atoms with van der Waals surface area (Å²) in [6.07, 6.45) is 2.57. The van der Waals surface area contributed by atoms with Gasteiger partial charge < -0.3 is 11.1 Å². The molecule has 18 heavy (non-hydrogen) atoms. The Morgan fingerprint density at radius 2 is 2.28 bits per heavy atom. The molecular weight excluding hydrogens is 250 g/mol. The second-order valence-electron chi connectivity index (χ2n) is 4.92. The molecule has 0 heterocycles. The van der Waals surface area contributed by atoms with E-state index in [0.717, 1.165) is 12.5 Å². The molecule has 0 spiro atoms. The Labute approximate surface area is 112 Å². The molecule has 1 amide bonds. The second-order valence-corrected chi connectivity index (χ2v) is 5.36. The fraction of sp³-hybridized carbons (Fsp3) is 0.462. The third kappa shape index (κ3) is 3.89. The highest BCUT2D eigenvalue weighted by molar-refractivity contribution is 6.31. The predicted octanol–water partition coefficient (Wildman–Crippen LogP) is 2.20. The minimum absolute atomic E-state index is 0.0629. The van der Waals surface area contributed by atoms with Crippen LogP contribution in [-0.2, 0) is 4.79 Å². The molecule has 0 radical (unpaired) electrons. The maximum Gasteiger partial charge on any atom is 0.238 e. The van der Waals surface area contributed by atoms with Gasteiger partial charge >= 0.3 is 0 Å². The quantitative estimate of drug-likeness (QED) is 0.804. The number of benzene rings is 1. The number of hydrogen-bond acceptors (Lipinski definition) is 3. The van der Waals surface area contributed by atoms with Crippen LogP contribution in [0.15, 0.2) is 18.2 Å². The Balaban J connectivity index is 1.87. The number of carbonyl (C=O) groups excluding carboxylic acids is 1. The van der Waals surface area contributed by atoms with Crippen molar-refractivity contribution in [1.82, 2.24) is 4.90 Å². The Morgan fingerprint density at radius 3 is 2.94 bits per heavy atom. The van der Waals surface area contributed by atoms with E-state index in [4.69, 9.17) is 17.3 Å². The average Bonchev–Trinajstić information content (AvgIpc) is 3.07. The molecular formula is C13H18ClN3O. The Hall–Kier alpha value is -1.26. The smallest absolute Gasteiger partial charge is 0.238 e. The Morgan fingerprint density at radius 1 is 1.56 bits per heavy atom. The average molecular weight is 268 g/mol. The Bertz CT molecular complexity index is 446. The van der Waals surface area contributed by atoms with Crippen molar-refractivity contribution in [2.75, 3.05) is 31.2 Å². The van der Waals surface area contributed by atoms with Crippen molar-refractivity contribution in [3.05, 3.63) is 23.2 Å². The van der Waals surface area contributed by atoms with Gasteiger partial charge in [0.2, 0.25) is 5.91 Å². The van der Waals surface area contributed by atoms with Gasteiger partial charge in [0.1, 0.15) is 0 Å². The van der Waals surface area contributed by atoms with Gasteiger partial charge in [-0.05, 0) is 44.0 Å². The van der Waals surface area contributed by atoms with Crippen LogP contribution in [0.4, 0.5) is 11.4 Å². The van der Waals surface area contributed by atoms with Gasteiger partial charge in [-0.15, -0.1) is 0 Å². The number of likely N-dealkylation sites (N-methyl/N-ethyl adjacent to an activating group) is 1. The van der Waals surface area contributed by atoms with Gasteiger partial charge in [0.05, 0.1) is 17.9 Å². The maximum absolute atomic E-state index is 11.8. The minimum Gasteiger partial charge on any atom is -0.397 e. The summed E-state index contributed by atoms with van der Waals surface area (Å²) >= 11 is 5.87. The molecule has 0 saturated heterocycles. The van der Waals surface area contributed by atoms with Gasteiger partial charge in [-0.3, -0.25) is 9.69 Å². The van der Waals surface area contributed by atoms with Crippen LogP contribution < -0.4 is 11.1 Å². The lowest BCUT2D eigenvalue weighted by molar-refractivity contribution is -0.117. The highest BCUT2D eigenvalue weighted by atomic mass is 35.5. The Kier molecular flexibility index (Phi) is 4.09. The number of amides is 1. The van der Waals surface area contributed by atoms with E-state index < -0.39 is 0 Å². The van der Waals surface area contributed by atoms with E-state index in [0.29, 0.717) is 22.9 Å². The lowest BCUT2D eigenvalue weighted by Crippen LogP contribution is -2.31. The normalized spacial score (nSPS) is 14.8. The SMILES string of the molecule is CN(CC(=O)Nc1cc(Cl)ccc1N)CC1CC1. The van der Waals surface area contributed by atoms with Gasteiger partial charge in [-0.1, -0.05) is 11.6 Å². The molecule has 98 valence electrons. The van der Waals surface area contributed by atoms with Crippen LogP contribution in [0.1, 0.15) is 12.8 Å². The zero-order chi connectivity index (χ0) is 13.1. The number of anilines is 2. The summed E-state index contributed by atoms with van der Waals surface area (Å²) in [5.74, 6) is 0.714. The van der Waals surface area contributed by atoms with E-state index in [1.807, 2.05) is 11.9 Å². The van der Waals surface area contributed by atoms with E-state index in [1.165, 1.54) is 12.8 Å². The third-order valence-corrected chi connectivity index (χ3v) is 3.20. The number of nitrogen functional groups attached to an aromatic ring is 1. The molecule has 1 aliphatic rings. The van der Waals surface area contributed by atoms with Crippen molar-refractivity contribution in [2.24, 2.45) is 5.92 Å². The molecule has 4 nitrogen and oxygen atoms in total.